The Balaban J connectivity index is 1.94. The largest absolute Gasteiger partial charge is 0.461 e. The van der Waals surface area contributed by atoms with Crippen LogP contribution in [0.2, 0.25) is 0 Å². The van der Waals surface area contributed by atoms with Crippen LogP contribution in [0, 0.1) is 6.92 Å². The molecule has 2 heterocycles. The highest BCUT2D eigenvalue weighted by Crippen LogP contribution is 2.34. The molecule has 1 unspecified atom stereocenters. The Morgan fingerprint density at radius 3 is 2.77 bits per heavy atom. The second-order valence-corrected chi connectivity index (χ2v) is 8.16. The Morgan fingerprint density at radius 1 is 1.35 bits per heavy atom. The number of nitrogens with zero attached hydrogens (tertiary/aromatic N) is 2. The summed E-state index contributed by atoms with van der Waals surface area (Å²) in [4.78, 5) is 16.4. The molecule has 2 aromatic rings. The fraction of sp³-hybridized carbons (Fsp3) is 0.368. The van der Waals surface area contributed by atoms with Gasteiger partial charge in [-0.2, -0.15) is 4.31 Å². The van der Waals surface area contributed by atoms with Crippen molar-refractivity contribution < 1.29 is 17.9 Å². The molecule has 1 atom stereocenters. The van der Waals surface area contributed by atoms with Gasteiger partial charge in [-0.05, 0) is 56.0 Å². The number of carbonyl (C=O) groups is 1. The van der Waals surface area contributed by atoms with Crippen molar-refractivity contribution in [3.63, 3.8) is 0 Å². The molecule has 1 aliphatic rings. The highest BCUT2D eigenvalue weighted by Gasteiger charge is 2.35. The fourth-order valence-electron chi connectivity index (χ4n) is 3.30. The molecule has 1 aromatic carbocycles. The van der Waals surface area contributed by atoms with Gasteiger partial charge in [0.2, 0.25) is 10.0 Å². The summed E-state index contributed by atoms with van der Waals surface area (Å²) in [5, 5.41) is 0. The van der Waals surface area contributed by atoms with Crippen LogP contribution in [-0.4, -0.2) is 36.8 Å². The zero-order chi connectivity index (χ0) is 18.9. The SMILES string of the molecule is CCOC(=O)c1cc2c(cn1)C(C)N(S(=O)(=O)c1ccccc1C)CC2. The van der Waals surface area contributed by atoms with Crippen LogP contribution in [0.25, 0.3) is 0 Å². The maximum absolute atomic E-state index is 13.1. The van der Waals surface area contributed by atoms with Crippen molar-refractivity contribution in [1.29, 1.82) is 0 Å². The van der Waals surface area contributed by atoms with Gasteiger partial charge in [-0.25, -0.2) is 18.2 Å². The Bertz CT molecular complexity index is 940. The molecule has 0 radical (unpaired) electrons. The minimum absolute atomic E-state index is 0.257. The molecule has 0 saturated heterocycles. The van der Waals surface area contributed by atoms with E-state index in [4.69, 9.17) is 4.74 Å². The summed E-state index contributed by atoms with van der Waals surface area (Å²) < 4.78 is 32.7. The number of pyridine rings is 1. The molecule has 7 heteroatoms. The van der Waals surface area contributed by atoms with Gasteiger partial charge in [-0.15, -0.1) is 0 Å². The van der Waals surface area contributed by atoms with Crippen LogP contribution in [0.5, 0.6) is 0 Å². The number of fused-ring (bicyclic) bond motifs is 1. The van der Waals surface area contributed by atoms with Gasteiger partial charge in [0.15, 0.2) is 0 Å². The molecule has 0 spiro atoms. The third-order valence-electron chi connectivity index (χ3n) is 4.67. The molecular weight excluding hydrogens is 352 g/mol. The van der Waals surface area contributed by atoms with E-state index < -0.39 is 16.0 Å². The predicted molar refractivity (Wildman–Crippen MR) is 97.4 cm³/mol. The van der Waals surface area contributed by atoms with E-state index in [1.54, 1.807) is 44.3 Å². The number of hydrogen-bond acceptors (Lipinski definition) is 5. The van der Waals surface area contributed by atoms with E-state index >= 15 is 0 Å². The van der Waals surface area contributed by atoms with Gasteiger partial charge >= 0.3 is 5.97 Å². The molecule has 0 aliphatic carbocycles. The number of sulfonamides is 1. The topological polar surface area (TPSA) is 76.6 Å². The lowest BCUT2D eigenvalue weighted by Crippen LogP contribution is -2.39. The second kappa shape index (κ2) is 7.17. The Kier molecular flexibility index (Phi) is 5.11. The summed E-state index contributed by atoms with van der Waals surface area (Å²) in [6, 6.07) is 8.34. The van der Waals surface area contributed by atoms with Crippen LogP contribution >= 0.6 is 0 Å². The van der Waals surface area contributed by atoms with E-state index in [-0.39, 0.29) is 18.3 Å². The Labute approximate surface area is 153 Å². The minimum atomic E-state index is -3.61. The third-order valence-corrected chi connectivity index (χ3v) is 6.80. The Morgan fingerprint density at radius 2 is 2.08 bits per heavy atom. The van der Waals surface area contributed by atoms with Crippen molar-refractivity contribution in [2.75, 3.05) is 13.2 Å². The maximum atomic E-state index is 13.1. The Hall–Kier alpha value is -2.25. The number of esters is 1. The highest BCUT2D eigenvalue weighted by molar-refractivity contribution is 7.89. The van der Waals surface area contributed by atoms with Crippen molar-refractivity contribution in [2.45, 2.75) is 38.1 Å². The lowest BCUT2D eigenvalue weighted by molar-refractivity contribution is 0.0519. The van der Waals surface area contributed by atoms with Crippen LogP contribution < -0.4 is 0 Å². The summed E-state index contributed by atoms with van der Waals surface area (Å²) >= 11 is 0. The van der Waals surface area contributed by atoms with Gasteiger partial charge in [-0.1, -0.05) is 18.2 Å². The normalized spacial score (nSPS) is 17.6. The zero-order valence-corrected chi connectivity index (χ0v) is 15.9. The van der Waals surface area contributed by atoms with Gasteiger partial charge in [-0.3, -0.25) is 0 Å². The smallest absolute Gasteiger partial charge is 0.356 e. The van der Waals surface area contributed by atoms with E-state index in [0.717, 1.165) is 16.7 Å². The average molecular weight is 374 g/mol. The first-order valence-corrected chi connectivity index (χ1v) is 10.0. The van der Waals surface area contributed by atoms with Crippen LogP contribution in [0.3, 0.4) is 0 Å². The number of benzene rings is 1. The summed E-state index contributed by atoms with van der Waals surface area (Å²) in [7, 11) is -3.61. The molecule has 6 nitrogen and oxygen atoms in total. The van der Waals surface area contributed by atoms with Crippen molar-refractivity contribution in [1.82, 2.24) is 9.29 Å². The molecule has 0 N–H and O–H groups in total. The third kappa shape index (κ3) is 3.24. The molecule has 0 saturated carbocycles. The molecular formula is C19H22N2O4S. The first kappa shape index (κ1) is 18.5. The molecule has 0 amide bonds. The lowest BCUT2D eigenvalue weighted by Gasteiger charge is -2.34. The van der Waals surface area contributed by atoms with Crippen molar-refractivity contribution >= 4 is 16.0 Å². The summed E-state index contributed by atoms with van der Waals surface area (Å²) in [5.74, 6) is -0.460. The standard InChI is InChI=1S/C19H22N2O4S/c1-4-25-19(22)17-11-15-9-10-21(14(3)16(15)12-20-17)26(23,24)18-8-6-5-7-13(18)2/h5-8,11-12,14H,4,9-10H2,1-3H3. The monoisotopic (exact) mass is 374 g/mol. The van der Waals surface area contributed by atoms with E-state index in [1.807, 2.05) is 13.0 Å². The summed E-state index contributed by atoms with van der Waals surface area (Å²) in [6.07, 6.45) is 2.12. The van der Waals surface area contributed by atoms with Crippen molar-refractivity contribution in [3.8, 4) is 0 Å². The van der Waals surface area contributed by atoms with Crippen LogP contribution in [0.15, 0.2) is 41.4 Å². The lowest BCUT2D eigenvalue weighted by atomic mass is 9.97. The molecule has 0 fully saturated rings. The number of aryl methyl sites for hydroxylation is 1. The van der Waals surface area contributed by atoms with Crippen molar-refractivity contribution in [2.24, 2.45) is 0 Å². The van der Waals surface area contributed by atoms with E-state index in [2.05, 4.69) is 4.98 Å². The fourth-order valence-corrected chi connectivity index (χ4v) is 5.14. The van der Waals surface area contributed by atoms with Gasteiger partial charge in [0.25, 0.3) is 0 Å². The minimum Gasteiger partial charge on any atom is -0.461 e. The molecule has 1 aliphatic heterocycles. The predicted octanol–water partition coefficient (Wildman–Crippen LogP) is 2.87. The van der Waals surface area contributed by atoms with E-state index in [9.17, 15) is 13.2 Å². The summed E-state index contributed by atoms with van der Waals surface area (Å²) in [6.45, 7) is 6.03. The van der Waals surface area contributed by atoms with E-state index in [1.165, 1.54) is 4.31 Å². The first-order valence-electron chi connectivity index (χ1n) is 8.59. The number of carbonyl (C=O) groups excluding carboxylic acids is 1. The zero-order valence-electron chi connectivity index (χ0n) is 15.1. The van der Waals surface area contributed by atoms with E-state index in [0.29, 0.717) is 17.9 Å². The van der Waals surface area contributed by atoms with Crippen LogP contribution in [0.4, 0.5) is 0 Å². The molecule has 0 bridgehead atoms. The molecule has 3 rings (SSSR count). The molecule has 1 aromatic heterocycles. The number of hydrogen-bond donors (Lipinski definition) is 0. The van der Waals surface area contributed by atoms with Gasteiger partial charge < -0.3 is 4.74 Å². The number of aromatic nitrogens is 1. The van der Waals surface area contributed by atoms with Crippen molar-refractivity contribution in [3.05, 3.63) is 58.9 Å². The second-order valence-electron chi connectivity index (χ2n) is 6.30. The molecule has 138 valence electrons. The highest BCUT2D eigenvalue weighted by atomic mass is 32.2. The number of ether oxygens (including phenoxy) is 1. The first-order chi connectivity index (χ1) is 12.4. The maximum Gasteiger partial charge on any atom is 0.356 e. The summed E-state index contributed by atoms with van der Waals surface area (Å²) in [5.41, 5.74) is 2.74. The van der Waals surface area contributed by atoms with Crippen LogP contribution in [0.1, 0.15) is 47.1 Å². The quantitative estimate of drug-likeness (QED) is 0.769. The average Bonchev–Trinajstić information content (AvgIpc) is 2.62. The molecule has 26 heavy (non-hydrogen) atoms. The number of rotatable bonds is 4. The van der Waals surface area contributed by atoms with Gasteiger partial charge in [0.1, 0.15) is 5.69 Å². The van der Waals surface area contributed by atoms with Gasteiger partial charge in [0, 0.05) is 18.8 Å². The van der Waals surface area contributed by atoms with Crippen LogP contribution in [-0.2, 0) is 21.2 Å². The van der Waals surface area contributed by atoms with Gasteiger partial charge in [0.05, 0.1) is 11.5 Å².